The molecular weight excluding hydrogens is 194 g/mol. The lowest BCUT2D eigenvalue weighted by molar-refractivity contribution is -0.122. The van der Waals surface area contributed by atoms with Gasteiger partial charge in [0.05, 0.1) is 13.2 Å². The molecule has 15 heavy (non-hydrogen) atoms. The number of hydrogen-bond donors (Lipinski definition) is 2. The molecule has 0 aromatic rings. The van der Waals surface area contributed by atoms with E-state index in [0.29, 0.717) is 19.7 Å². The molecule has 0 aliphatic rings. The first-order chi connectivity index (χ1) is 7.20. The van der Waals surface area contributed by atoms with Crippen molar-refractivity contribution in [2.24, 2.45) is 0 Å². The summed E-state index contributed by atoms with van der Waals surface area (Å²) in [4.78, 5) is 13.4. The van der Waals surface area contributed by atoms with Crippen LogP contribution in [0.15, 0.2) is 0 Å². The van der Waals surface area contributed by atoms with Gasteiger partial charge in [0.1, 0.15) is 0 Å². The van der Waals surface area contributed by atoms with E-state index >= 15 is 0 Å². The number of methoxy groups -OCH3 is 1. The fraction of sp³-hybridized carbons (Fsp3) is 0.900. The third-order valence-electron chi connectivity index (χ3n) is 2.01. The topological polar surface area (TPSA) is 53.6 Å². The number of amides is 1. The third-order valence-corrected chi connectivity index (χ3v) is 2.01. The summed E-state index contributed by atoms with van der Waals surface area (Å²) in [5, 5.41) is 5.86. The van der Waals surface area contributed by atoms with Crippen molar-refractivity contribution < 1.29 is 9.53 Å². The first-order valence-electron chi connectivity index (χ1n) is 5.29. The summed E-state index contributed by atoms with van der Waals surface area (Å²) in [5.41, 5.74) is 0. The van der Waals surface area contributed by atoms with Gasteiger partial charge < -0.3 is 15.4 Å². The van der Waals surface area contributed by atoms with E-state index in [-0.39, 0.29) is 5.91 Å². The van der Waals surface area contributed by atoms with Gasteiger partial charge in [-0.2, -0.15) is 0 Å². The zero-order valence-electron chi connectivity index (χ0n) is 10.0. The van der Waals surface area contributed by atoms with Crippen molar-refractivity contribution in [3.63, 3.8) is 0 Å². The highest BCUT2D eigenvalue weighted by molar-refractivity contribution is 5.77. The Kier molecular flexibility index (Phi) is 9.46. The number of nitrogens with zero attached hydrogens (tertiary/aromatic N) is 1. The lowest BCUT2D eigenvalue weighted by atomic mass is 10.4. The first-order valence-corrected chi connectivity index (χ1v) is 5.29. The Bertz CT molecular complexity index is 165. The van der Waals surface area contributed by atoms with E-state index in [0.717, 1.165) is 19.5 Å². The molecule has 0 aromatic heterocycles. The Labute approximate surface area is 92.2 Å². The summed E-state index contributed by atoms with van der Waals surface area (Å²) in [7, 11) is 5.50. The standard InChI is InChI=1S/C10H23N3O2/c1-11-5-4-7-13(2)9-10(14)12-6-8-15-3/h11H,4-9H2,1-3H3,(H,12,14). The summed E-state index contributed by atoms with van der Waals surface area (Å²) in [6, 6.07) is 0. The van der Waals surface area contributed by atoms with Gasteiger partial charge in [0.25, 0.3) is 0 Å². The minimum absolute atomic E-state index is 0.0546. The molecule has 0 fully saturated rings. The number of ether oxygens (including phenoxy) is 1. The predicted octanol–water partition coefficient (Wildman–Crippen LogP) is -0.710. The zero-order valence-corrected chi connectivity index (χ0v) is 10.0. The second-order valence-corrected chi connectivity index (χ2v) is 3.54. The molecule has 0 aliphatic heterocycles. The van der Waals surface area contributed by atoms with Gasteiger partial charge in [0, 0.05) is 13.7 Å². The van der Waals surface area contributed by atoms with Crippen molar-refractivity contribution in [1.82, 2.24) is 15.5 Å². The Morgan fingerprint density at radius 2 is 2.13 bits per heavy atom. The van der Waals surface area contributed by atoms with Crippen LogP contribution >= 0.6 is 0 Å². The lowest BCUT2D eigenvalue weighted by Gasteiger charge is -2.15. The lowest BCUT2D eigenvalue weighted by Crippen LogP contribution is -2.37. The quantitative estimate of drug-likeness (QED) is 0.501. The molecule has 5 heteroatoms. The van der Waals surface area contributed by atoms with E-state index in [2.05, 4.69) is 10.6 Å². The average molecular weight is 217 g/mol. The normalized spacial score (nSPS) is 10.7. The minimum Gasteiger partial charge on any atom is -0.383 e. The fourth-order valence-corrected chi connectivity index (χ4v) is 1.20. The largest absolute Gasteiger partial charge is 0.383 e. The Morgan fingerprint density at radius 3 is 2.73 bits per heavy atom. The highest BCUT2D eigenvalue weighted by Gasteiger charge is 2.04. The third kappa shape index (κ3) is 9.65. The molecule has 5 nitrogen and oxygen atoms in total. The van der Waals surface area contributed by atoms with E-state index in [4.69, 9.17) is 4.74 Å². The first kappa shape index (κ1) is 14.3. The van der Waals surface area contributed by atoms with Crippen LogP contribution in [0.3, 0.4) is 0 Å². The monoisotopic (exact) mass is 217 g/mol. The van der Waals surface area contributed by atoms with E-state index < -0.39 is 0 Å². The van der Waals surface area contributed by atoms with Gasteiger partial charge in [-0.3, -0.25) is 9.69 Å². The van der Waals surface area contributed by atoms with Crippen LogP contribution in [0.25, 0.3) is 0 Å². The molecule has 0 rings (SSSR count). The van der Waals surface area contributed by atoms with Crippen LogP contribution < -0.4 is 10.6 Å². The Balaban J connectivity index is 3.40. The molecule has 2 N–H and O–H groups in total. The van der Waals surface area contributed by atoms with Crippen molar-refractivity contribution >= 4 is 5.91 Å². The molecule has 0 saturated carbocycles. The van der Waals surface area contributed by atoms with Gasteiger partial charge in [-0.15, -0.1) is 0 Å². The molecule has 1 amide bonds. The van der Waals surface area contributed by atoms with Crippen LogP contribution in [0.2, 0.25) is 0 Å². The molecule has 0 radical (unpaired) electrons. The van der Waals surface area contributed by atoms with E-state index in [1.165, 1.54) is 0 Å². The van der Waals surface area contributed by atoms with Gasteiger partial charge in [0.2, 0.25) is 5.91 Å². The SMILES string of the molecule is CNCCCN(C)CC(=O)NCCOC. The molecule has 0 atom stereocenters. The summed E-state index contributed by atoms with van der Waals surface area (Å²) in [6.07, 6.45) is 1.05. The van der Waals surface area contributed by atoms with Crippen LogP contribution in [-0.4, -0.2) is 64.8 Å². The van der Waals surface area contributed by atoms with Crippen LogP contribution in [-0.2, 0) is 9.53 Å². The van der Waals surface area contributed by atoms with Crippen LogP contribution in [0.5, 0.6) is 0 Å². The molecule has 0 saturated heterocycles. The number of carbonyl (C=O) groups is 1. The second-order valence-electron chi connectivity index (χ2n) is 3.54. The van der Waals surface area contributed by atoms with Crippen molar-refractivity contribution in [3.05, 3.63) is 0 Å². The summed E-state index contributed by atoms with van der Waals surface area (Å²) >= 11 is 0. The number of likely N-dealkylation sites (N-methyl/N-ethyl adjacent to an activating group) is 1. The van der Waals surface area contributed by atoms with E-state index in [9.17, 15) is 4.79 Å². The van der Waals surface area contributed by atoms with Crippen LogP contribution in [0, 0.1) is 0 Å². The molecule has 0 aromatic carbocycles. The summed E-state index contributed by atoms with van der Waals surface area (Å²) in [6.45, 7) is 3.51. The number of carbonyl (C=O) groups excluding carboxylic acids is 1. The van der Waals surface area contributed by atoms with Gasteiger partial charge in [0.15, 0.2) is 0 Å². The van der Waals surface area contributed by atoms with Crippen LogP contribution in [0.1, 0.15) is 6.42 Å². The number of nitrogens with one attached hydrogen (secondary N) is 2. The highest BCUT2D eigenvalue weighted by atomic mass is 16.5. The van der Waals surface area contributed by atoms with Crippen LogP contribution in [0.4, 0.5) is 0 Å². The Morgan fingerprint density at radius 1 is 1.40 bits per heavy atom. The van der Waals surface area contributed by atoms with Crippen molar-refractivity contribution in [2.75, 3.05) is 54.0 Å². The van der Waals surface area contributed by atoms with E-state index in [1.54, 1.807) is 7.11 Å². The van der Waals surface area contributed by atoms with E-state index in [1.807, 2.05) is 19.0 Å². The highest BCUT2D eigenvalue weighted by Crippen LogP contribution is 1.85. The zero-order chi connectivity index (χ0) is 11.5. The average Bonchev–Trinajstić information content (AvgIpc) is 2.18. The molecular formula is C10H23N3O2. The maximum absolute atomic E-state index is 11.3. The summed E-state index contributed by atoms with van der Waals surface area (Å²) < 4.78 is 4.84. The van der Waals surface area contributed by atoms with Gasteiger partial charge in [-0.25, -0.2) is 0 Å². The van der Waals surface area contributed by atoms with Crippen molar-refractivity contribution in [3.8, 4) is 0 Å². The van der Waals surface area contributed by atoms with Gasteiger partial charge >= 0.3 is 0 Å². The van der Waals surface area contributed by atoms with Gasteiger partial charge in [-0.1, -0.05) is 0 Å². The molecule has 0 spiro atoms. The van der Waals surface area contributed by atoms with Gasteiger partial charge in [-0.05, 0) is 33.6 Å². The molecule has 0 bridgehead atoms. The molecule has 0 unspecified atom stereocenters. The number of hydrogen-bond acceptors (Lipinski definition) is 4. The predicted molar refractivity (Wildman–Crippen MR) is 60.9 cm³/mol. The molecule has 0 heterocycles. The van der Waals surface area contributed by atoms with Crippen molar-refractivity contribution in [2.45, 2.75) is 6.42 Å². The summed E-state index contributed by atoms with van der Waals surface area (Å²) in [5.74, 6) is 0.0546. The number of rotatable bonds is 9. The second kappa shape index (κ2) is 9.89. The minimum atomic E-state index is 0.0546. The molecule has 90 valence electrons. The maximum Gasteiger partial charge on any atom is 0.234 e. The molecule has 0 aliphatic carbocycles. The smallest absolute Gasteiger partial charge is 0.234 e. The maximum atomic E-state index is 11.3. The van der Waals surface area contributed by atoms with Crippen molar-refractivity contribution in [1.29, 1.82) is 0 Å². The fourth-order valence-electron chi connectivity index (χ4n) is 1.20. The Hall–Kier alpha value is -0.650.